The zero-order valence-corrected chi connectivity index (χ0v) is 7.27. The van der Waals surface area contributed by atoms with E-state index >= 15 is 0 Å². The van der Waals surface area contributed by atoms with Gasteiger partial charge in [0.15, 0.2) is 5.75 Å². The molecule has 0 aromatic carbocycles. The zero-order valence-electron chi connectivity index (χ0n) is 6.45. The Labute approximate surface area is 69.6 Å². The molecule has 0 N–H and O–H groups in total. The molecule has 0 aliphatic heterocycles. The molecular formula is C6H8FNO3S. The fourth-order valence-electron chi connectivity index (χ4n) is 0.726. The van der Waals surface area contributed by atoms with E-state index in [0.29, 0.717) is 12.2 Å². The van der Waals surface area contributed by atoms with Gasteiger partial charge in [-0.25, -0.2) is 4.98 Å². The smallest absolute Gasteiger partial charge is 0.311 e. The number of nitrogens with zero attached hydrogens (tertiary/aromatic N) is 1. The quantitative estimate of drug-likeness (QED) is 0.673. The summed E-state index contributed by atoms with van der Waals surface area (Å²) in [5.74, 6) is -0.337. The van der Waals surface area contributed by atoms with Gasteiger partial charge in [-0.2, -0.15) is 8.42 Å². The van der Waals surface area contributed by atoms with Gasteiger partial charge >= 0.3 is 10.2 Å². The molecule has 0 atom stereocenters. The lowest BCUT2D eigenvalue weighted by Crippen LogP contribution is -1.95. The summed E-state index contributed by atoms with van der Waals surface area (Å²) in [5, 5.41) is 0. The summed E-state index contributed by atoms with van der Waals surface area (Å²) in [6, 6.07) is 0. The van der Waals surface area contributed by atoms with Crippen LogP contribution in [0.5, 0.6) is 0 Å². The van der Waals surface area contributed by atoms with Gasteiger partial charge < -0.3 is 4.42 Å². The number of aryl methyl sites for hydroxylation is 1. The maximum atomic E-state index is 12.1. The van der Waals surface area contributed by atoms with Gasteiger partial charge in [0.2, 0.25) is 5.89 Å². The van der Waals surface area contributed by atoms with Gasteiger partial charge in [0.25, 0.3) is 0 Å². The van der Waals surface area contributed by atoms with Crippen molar-refractivity contribution in [2.45, 2.75) is 19.1 Å². The minimum atomic E-state index is -4.53. The molecule has 0 spiro atoms. The first-order chi connectivity index (χ1) is 5.51. The third-order valence-corrected chi connectivity index (χ3v) is 1.84. The lowest BCUT2D eigenvalue weighted by Gasteiger charge is -1.88. The molecule has 1 aromatic heterocycles. The molecule has 0 bridgehead atoms. The molecule has 6 heteroatoms. The summed E-state index contributed by atoms with van der Waals surface area (Å²) in [6.45, 7) is 1.83. The summed E-state index contributed by atoms with van der Waals surface area (Å²) >= 11 is 0. The summed E-state index contributed by atoms with van der Waals surface area (Å²) in [6.07, 6.45) is 2.00. The highest BCUT2D eigenvalue weighted by atomic mass is 32.3. The Kier molecular flexibility index (Phi) is 2.46. The summed E-state index contributed by atoms with van der Waals surface area (Å²) < 4.78 is 37.2. The van der Waals surface area contributed by atoms with Crippen molar-refractivity contribution in [3.05, 3.63) is 17.8 Å². The van der Waals surface area contributed by atoms with Crippen molar-refractivity contribution < 1.29 is 16.7 Å². The predicted molar refractivity (Wildman–Crippen MR) is 39.6 cm³/mol. The Morgan fingerprint density at radius 3 is 2.75 bits per heavy atom. The molecule has 0 aliphatic rings. The molecule has 0 aliphatic carbocycles. The van der Waals surface area contributed by atoms with Crippen LogP contribution >= 0.6 is 0 Å². The first kappa shape index (κ1) is 9.18. The topological polar surface area (TPSA) is 60.2 Å². The van der Waals surface area contributed by atoms with Crippen LogP contribution in [-0.4, -0.2) is 13.4 Å². The van der Waals surface area contributed by atoms with Gasteiger partial charge in [-0.15, -0.1) is 3.89 Å². The van der Waals surface area contributed by atoms with Crippen LogP contribution in [0.2, 0.25) is 0 Å². The van der Waals surface area contributed by atoms with E-state index in [1.807, 2.05) is 6.92 Å². The van der Waals surface area contributed by atoms with Crippen LogP contribution in [0, 0.1) is 0 Å². The summed E-state index contributed by atoms with van der Waals surface area (Å²) in [4.78, 5) is 3.59. The molecule has 12 heavy (non-hydrogen) atoms. The zero-order chi connectivity index (χ0) is 9.19. The molecule has 0 saturated carbocycles. The number of aromatic nitrogens is 1. The fraction of sp³-hybridized carbons (Fsp3) is 0.500. The molecule has 1 rings (SSSR count). The number of halogens is 1. The van der Waals surface area contributed by atoms with Gasteiger partial charge in [-0.05, 0) is 0 Å². The Morgan fingerprint density at radius 1 is 1.67 bits per heavy atom. The Hall–Kier alpha value is -0.910. The number of hydrogen-bond acceptors (Lipinski definition) is 4. The van der Waals surface area contributed by atoms with Crippen molar-refractivity contribution in [1.82, 2.24) is 4.98 Å². The van der Waals surface area contributed by atoms with E-state index in [1.165, 1.54) is 6.20 Å². The molecule has 0 fully saturated rings. The maximum absolute atomic E-state index is 12.1. The largest absolute Gasteiger partial charge is 0.445 e. The van der Waals surface area contributed by atoms with E-state index in [0.717, 1.165) is 0 Å². The van der Waals surface area contributed by atoms with Crippen molar-refractivity contribution in [3.63, 3.8) is 0 Å². The van der Waals surface area contributed by atoms with Crippen LogP contribution in [0.3, 0.4) is 0 Å². The van der Waals surface area contributed by atoms with Crippen LogP contribution in [0.15, 0.2) is 10.6 Å². The molecule has 0 amide bonds. The SMILES string of the molecule is CCc1cnc(CS(=O)(=O)F)o1. The first-order valence-electron chi connectivity index (χ1n) is 3.37. The third kappa shape index (κ3) is 2.61. The van der Waals surface area contributed by atoms with E-state index in [1.54, 1.807) is 0 Å². The van der Waals surface area contributed by atoms with Crippen molar-refractivity contribution in [1.29, 1.82) is 0 Å². The summed E-state index contributed by atoms with van der Waals surface area (Å²) in [7, 11) is -4.53. The maximum Gasteiger partial charge on any atom is 0.311 e. The monoisotopic (exact) mass is 193 g/mol. The molecule has 4 nitrogen and oxygen atoms in total. The first-order valence-corrected chi connectivity index (χ1v) is 4.92. The molecule has 1 aromatic rings. The van der Waals surface area contributed by atoms with Crippen LogP contribution in [0.25, 0.3) is 0 Å². The normalized spacial score (nSPS) is 11.8. The van der Waals surface area contributed by atoms with Gasteiger partial charge in [-0.1, -0.05) is 6.92 Å². The highest BCUT2D eigenvalue weighted by molar-refractivity contribution is 7.85. The van der Waals surface area contributed by atoms with E-state index in [9.17, 15) is 12.3 Å². The Balaban J connectivity index is 2.78. The number of hydrogen-bond donors (Lipinski definition) is 0. The standard InChI is InChI=1S/C6H8FNO3S/c1-2-5-3-8-6(11-5)4-12(7,9)10/h3H,2,4H2,1H3. The van der Waals surface area contributed by atoms with Crippen LogP contribution in [0.4, 0.5) is 3.89 Å². The highest BCUT2D eigenvalue weighted by Crippen LogP contribution is 2.08. The van der Waals surface area contributed by atoms with Crippen molar-refractivity contribution in [2.75, 3.05) is 0 Å². The number of rotatable bonds is 3. The molecule has 68 valence electrons. The fourth-order valence-corrected chi connectivity index (χ4v) is 1.15. The third-order valence-electron chi connectivity index (χ3n) is 1.25. The van der Waals surface area contributed by atoms with Gasteiger partial charge in [-0.3, -0.25) is 0 Å². The second-order valence-corrected chi connectivity index (χ2v) is 3.62. The van der Waals surface area contributed by atoms with E-state index in [-0.39, 0.29) is 5.89 Å². The van der Waals surface area contributed by atoms with Gasteiger partial charge in [0.05, 0.1) is 6.20 Å². The Morgan fingerprint density at radius 2 is 2.33 bits per heavy atom. The minimum absolute atomic E-state index is 0.102. The van der Waals surface area contributed by atoms with E-state index in [2.05, 4.69) is 4.98 Å². The lowest BCUT2D eigenvalue weighted by molar-refractivity contribution is 0.466. The molecule has 1 heterocycles. The average molecular weight is 193 g/mol. The van der Waals surface area contributed by atoms with Crippen molar-refractivity contribution in [3.8, 4) is 0 Å². The predicted octanol–water partition coefficient (Wildman–Crippen LogP) is 1.04. The van der Waals surface area contributed by atoms with Crippen LogP contribution in [-0.2, 0) is 22.4 Å². The van der Waals surface area contributed by atoms with Crippen LogP contribution < -0.4 is 0 Å². The minimum Gasteiger partial charge on any atom is -0.445 e. The van der Waals surface area contributed by atoms with Crippen LogP contribution in [0.1, 0.15) is 18.6 Å². The second-order valence-electron chi connectivity index (χ2n) is 2.26. The molecule has 0 unspecified atom stereocenters. The average Bonchev–Trinajstić information content (AvgIpc) is 2.32. The Bertz CT molecular complexity index is 357. The van der Waals surface area contributed by atoms with Gasteiger partial charge in [0, 0.05) is 6.42 Å². The van der Waals surface area contributed by atoms with Crippen molar-refractivity contribution in [2.24, 2.45) is 0 Å². The summed E-state index contributed by atoms with van der Waals surface area (Å²) in [5.41, 5.74) is 0. The highest BCUT2D eigenvalue weighted by Gasteiger charge is 2.13. The molecular weight excluding hydrogens is 185 g/mol. The van der Waals surface area contributed by atoms with Gasteiger partial charge in [0.1, 0.15) is 5.76 Å². The molecule has 0 radical (unpaired) electrons. The van der Waals surface area contributed by atoms with E-state index < -0.39 is 16.0 Å². The van der Waals surface area contributed by atoms with Crippen molar-refractivity contribution >= 4 is 10.2 Å². The second kappa shape index (κ2) is 3.22. The molecule has 0 saturated heterocycles. The lowest BCUT2D eigenvalue weighted by atomic mass is 10.4. The van der Waals surface area contributed by atoms with E-state index in [4.69, 9.17) is 4.42 Å². The number of oxazole rings is 1.